The summed E-state index contributed by atoms with van der Waals surface area (Å²) in [6, 6.07) is 5.94. The molecule has 1 N–H and O–H groups in total. The zero-order valence-electron chi connectivity index (χ0n) is 9.10. The number of amides is 1. The highest BCUT2D eigenvalue weighted by Crippen LogP contribution is 2.45. The van der Waals surface area contributed by atoms with Crippen molar-refractivity contribution in [2.45, 2.75) is 26.7 Å². The number of anilines is 1. The summed E-state index contributed by atoms with van der Waals surface area (Å²) in [5.41, 5.74) is 1.99. The normalized spacial score (nSPS) is 20.0. The number of carbonyl (C=O) groups excluding carboxylic acids is 1. The minimum absolute atomic E-state index is 0.0455. The lowest BCUT2D eigenvalue weighted by atomic mass is 9.77. The van der Waals surface area contributed by atoms with Crippen LogP contribution in [0, 0.1) is 5.41 Å². The van der Waals surface area contributed by atoms with Gasteiger partial charge in [0.2, 0.25) is 5.91 Å². The molecule has 15 heavy (non-hydrogen) atoms. The van der Waals surface area contributed by atoms with Gasteiger partial charge in [-0.1, -0.05) is 32.9 Å². The molecule has 1 aromatic rings. The average molecular weight is 268 g/mol. The largest absolute Gasteiger partial charge is 0.324 e. The monoisotopic (exact) mass is 267 g/mol. The Hall–Kier alpha value is -0.830. The third-order valence-electron chi connectivity index (χ3n) is 2.73. The van der Waals surface area contributed by atoms with Gasteiger partial charge in [0.25, 0.3) is 0 Å². The maximum atomic E-state index is 11.9. The van der Waals surface area contributed by atoms with Crippen LogP contribution in [0.5, 0.6) is 0 Å². The fraction of sp³-hybridized carbons (Fsp3) is 0.417. The van der Waals surface area contributed by atoms with Crippen molar-refractivity contribution in [3.05, 3.63) is 28.2 Å². The van der Waals surface area contributed by atoms with Gasteiger partial charge >= 0.3 is 0 Å². The molecule has 80 valence electrons. The van der Waals surface area contributed by atoms with Crippen molar-refractivity contribution < 1.29 is 4.79 Å². The molecule has 1 aliphatic heterocycles. The summed E-state index contributed by atoms with van der Waals surface area (Å²) in [7, 11) is 0. The second kappa shape index (κ2) is 3.34. The lowest BCUT2D eigenvalue weighted by Gasteiger charge is -2.25. The van der Waals surface area contributed by atoms with Crippen molar-refractivity contribution in [1.82, 2.24) is 0 Å². The molecule has 1 heterocycles. The second-order valence-electron chi connectivity index (χ2n) is 4.99. The van der Waals surface area contributed by atoms with E-state index in [4.69, 9.17) is 0 Å². The minimum atomic E-state index is -0.0509. The smallest absolute Gasteiger partial charge is 0.232 e. The van der Waals surface area contributed by atoms with E-state index in [0.29, 0.717) is 0 Å². The molecule has 0 spiro atoms. The summed E-state index contributed by atoms with van der Waals surface area (Å²) in [6.45, 7) is 6.27. The number of hydrogen-bond acceptors (Lipinski definition) is 1. The molecule has 0 aliphatic carbocycles. The van der Waals surface area contributed by atoms with Gasteiger partial charge in [-0.3, -0.25) is 4.79 Å². The predicted molar refractivity (Wildman–Crippen MR) is 65.0 cm³/mol. The summed E-state index contributed by atoms with van der Waals surface area (Å²) in [4.78, 5) is 11.9. The molecule has 0 saturated carbocycles. The molecule has 0 saturated heterocycles. The van der Waals surface area contributed by atoms with Gasteiger partial charge in [0.15, 0.2) is 0 Å². The average Bonchev–Trinajstić information content (AvgIpc) is 2.41. The maximum absolute atomic E-state index is 11.9. The Morgan fingerprint density at radius 2 is 2.00 bits per heavy atom. The molecule has 0 bridgehead atoms. The highest BCUT2D eigenvalue weighted by molar-refractivity contribution is 9.10. The predicted octanol–water partition coefficient (Wildman–Crippen LogP) is 3.53. The zero-order chi connectivity index (χ0) is 11.2. The fourth-order valence-corrected chi connectivity index (χ4v) is 2.59. The number of halogens is 1. The Kier molecular flexibility index (Phi) is 2.38. The van der Waals surface area contributed by atoms with E-state index < -0.39 is 0 Å². The first-order valence-corrected chi connectivity index (χ1v) is 5.80. The standard InChI is InChI=1S/C12H14BrNO/c1-12(2,3)9-7-5-4-6-8(13)10(7)14-11(9)15/h4-6,9H,1-3H3,(H,14,15). The number of carbonyl (C=O) groups is 1. The number of benzene rings is 1. The Morgan fingerprint density at radius 3 is 2.60 bits per heavy atom. The van der Waals surface area contributed by atoms with E-state index in [0.717, 1.165) is 15.7 Å². The topological polar surface area (TPSA) is 29.1 Å². The number of nitrogens with one attached hydrogen (secondary N) is 1. The molecule has 3 heteroatoms. The first-order chi connectivity index (χ1) is 6.91. The van der Waals surface area contributed by atoms with Crippen LogP contribution < -0.4 is 5.32 Å². The van der Waals surface area contributed by atoms with Gasteiger partial charge in [0, 0.05) is 4.47 Å². The Morgan fingerprint density at radius 1 is 1.33 bits per heavy atom. The quantitative estimate of drug-likeness (QED) is 0.766. The van der Waals surface area contributed by atoms with Crippen molar-refractivity contribution in [3.8, 4) is 0 Å². The van der Waals surface area contributed by atoms with Crippen LogP contribution in [0.15, 0.2) is 22.7 Å². The van der Waals surface area contributed by atoms with Crippen molar-refractivity contribution in [1.29, 1.82) is 0 Å². The molecule has 2 rings (SSSR count). The molecule has 1 amide bonds. The fourth-order valence-electron chi connectivity index (χ4n) is 2.11. The summed E-state index contributed by atoms with van der Waals surface area (Å²) >= 11 is 3.45. The number of fused-ring (bicyclic) bond motifs is 1. The summed E-state index contributed by atoms with van der Waals surface area (Å²) in [5, 5.41) is 2.94. The van der Waals surface area contributed by atoms with Crippen molar-refractivity contribution in [3.63, 3.8) is 0 Å². The van der Waals surface area contributed by atoms with Crippen LogP contribution in [-0.4, -0.2) is 5.91 Å². The van der Waals surface area contributed by atoms with Gasteiger partial charge in [-0.15, -0.1) is 0 Å². The molecule has 1 unspecified atom stereocenters. The lowest BCUT2D eigenvalue weighted by Crippen LogP contribution is -2.25. The third-order valence-corrected chi connectivity index (χ3v) is 3.39. The Bertz CT molecular complexity index is 420. The highest BCUT2D eigenvalue weighted by Gasteiger charge is 2.39. The maximum Gasteiger partial charge on any atom is 0.232 e. The van der Waals surface area contributed by atoms with E-state index in [9.17, 15) is 4.79 Å². The first kappa shape index (κ1) is 10.7. The summed E-state index contributed by atoms with van der Waals surface area (Å²) in [5.74, 6) is 0.0504. The Labute approximate surface area is 98.2 Å². The van der Waals surface area contributed by atoms with Crippen molar-refractivity contribution >= 4 is 27.5 Å². The van der Waals surface area contributed by atoms with Gasteiger partial charge in [-0.25, -0.2) is 0 Å². The van der Waals surface area contributed by atoms with Gasteiger partial charge in [-0.2, -0.15) is 0 Å². The number of rotatable bonds is 0. The van der Waals surface area contributed by atoms with Gasteiger partial charge < -0.3 is 5.32 Å². The second-order valence-corrected chi connectivity index (χ2v) is 5.85. The zero-order valence-corrected chi connectivity index (χ0v) is 10.7. The lowest BCUT2D eigenvalue weighted by molar-refractivity contribution is -0.119. The van der Waals surface area contributed by atoms with Crippen LogP contribution >= 0.6 is 15.9 Å². The van der Waals surface area contributed by atoms with Crippen LogP contribution in [-0.2, 0) is 4.79 Å². The van der Waals surface area contributed by atoms with E-state index in [1.807, 2.05) is 18.2 Å². The molecule has 1 atom stereocenters. The summed E-state index contributed by atoms with van der Waals surface area (Å²) in [6.07, 6.45) is 0. The molecule has 1 aliphatic rings. The van der Waals surface area contributed by atoms with Crippen molar-refractivity contribution in [2.75, 3.05) is 5.32 Å². The van der Waals surface area contributed by atoms with Gasteiger partial charge in [0.1, 0.15) is 0 Å². The SMILES string of the molecule is CC(C)(C)C1C(=O)Nc2c(Br)cccc21. The van der Waals surface area contributed by atoms with E-state index >= 15 is 0 Å². The van der Waals surface area contributed by atoms with Gasteiger partial charge in [0.05, 0.1) is 11.6 Å². The molecular formula is C12H14BrNO. The number of hydrogen-bond donors (Lipinski definition) is 1. The first-order valence-electron chi connectivity index (χ1n) is 5.00. The molecule has 0 aromatic heterocycles. The van der Waals surface area contributed by atoms with Crippen LogP contribution in [0.2, 0.25) is 0 Å². The summed E-state index contributed by atoms with van der Waals surface area (Å²) < 4.78 is 0.958. The molecule has 2 nitrogen and oxygen atoms in total. The highest BCUT2D eigenvalue weighted by atomic mass is 79.9. The van der Waals surface area contributed by atoms with Crippen LogP contribution in [0.3, 0.4) is 0 Å². The van der Waals surface area contributed by atoms with Gasteiger partial charge in [-0.05, 0) is 33.0 Å². The molecular weight excluding hydrogens is 254 g/mol. The molecule has 0 fully saturated rings. The van der Waals surface area contributed by atoms with Crippen LogP contribution in [0.25, 0.3) is 0 Å². The number of para-hydroxylation sites is 1. The third kappa shape index (κ3) is 1.69. The van der Waals surface area contributed by atoms with E-state index in [1.165, 1.54) is 0 Å². The van der Waals surface area contributed by atoms with E-state index in [2.05, 4.69) is 42.0 Å². The van der Waals surface area contributed by atoms with Crippen LogP contribution in [0.4, 0.5) is 5.69 Å². The minimum Gasteiger partial charge on any atom is -0.324 e. The molecule has 1 aromatic carbocycles. The van der Waals surface area contributed by atoms with Crippen molar-refractivity contribution in [2.24, 2.45) is 5.41 Å². The van der Waals surface area contributed by atoms with Crippen LogP contribution in [0.1, 0.15) is 32.3 Å². The molecule has 0 radical (unpaired) electrons. The Balaban J connectivity index is 2.56. The van der Waals surface area contributed by atoms with E-state index in [-0.39, 0.29) is 17.2 Å². The van der Waals surface area contributed by atoms with E-state index in [1.54, 1.807) is 0 Å².